The van der Waals surface area contributed by atoms with Gasteiger partial charge in [-0.1, -0.05) is 26.0 Å². The number of pyridine rings is 1. The minimum atomic E-state index is -0.103. The number of fused-ring (bicyclic) bond motifs is 1. The van der Waals surface area contributed by atoms with Crippen molar-refractivity contribution >= 4 is 17.2 Å². The Morgan fingerprint density at radius 3 is 2.43 bits per heavy atom. The highest BCUT2D eigenvalue weighted by atomic mass is 16.1. The van der Waals surface area contributed by atoms with Gasteiger partial charge < -0.3 is 9.72 Å². The lowest BCUT2D eigenvalue weighted by atomic mass is 10.0. The van der Waals surface area contributed by atoms with Gasteiger partial charge in [-0.15, -0.1) is 0 Å². The SMILES string of the molecule is Cc1nc2ccc(NC(=O)c3ccc(C(C)C)cc3)cn2c1C. The average Bonchev–Trinajstić information content (AvgIpc) is 2.82. The molecule has 23 heavy (non-hydrogen) atoms. The standard InChI is InChI=1S/C19H21N3O/c1-12(2)15-5-7-16(8-6-15)19(23)21-17-9-10-18-20-13(3)14(4)22(18)11-17/h5-12H,1-4H3,(H,21,23). The molecule has 2 heterocycles. The lowest BCUT2D eigenvalue weighted by Crippen LogP contribution is -2.12. The molecule has 4 nitrogen and oxygen atoms in total. The number of carbonyl (C=O) groups excluding carboxylic acids is 1. The Kier molecular flexibility index (Phi) is 3.90. The molecule has 0 saturated carbocycles. The number of rotatable bonds is 3. The van der Waals surface area contributed by atoms with Gasteiger partial charge in [0.15, 0.2) is 0 Å². The molecule has 0 aliphatic heterocycles. The van der Waals surface area contributed by atoms with Gasteiger partial charge in [-0.3, -0.25) is 4.79 Å². The fourth-order valence-electron chi connectivity index (χ4n) is 2.58. The molecule has 3 rings (SSSR count). The predicted molar refractivity (Wildman–Crippen MR) is 93.2 cm³/mol. The number of hydrogen-bond acceptors (Lipinski definition) is 2. The van der Waals surface area contributed by atoms with E-state index in [4.69, 9.17) is 0 Å². The first-order valence-corrected chi connectivity index (χ1v) is 7.82. The van der Waals surface area contributed by atoms with Crippen LogP contribution in [0.2, 0.25) is 0 Å². The Balaban J connectivity index is 1.83. The molecule has 0 bridgehead atoms. The van der Waals surface area contributed by atoms with Gasteiger partial charge in [-0.2, -0.15) is 0 Å². The van der Waals surface area contributed by atoms with E-state index >= 15 is 0 Å². The van der Waals surface area contributed by atoms with Gasteiger partial charge in [0, 0.05) is 17.5 Å². The fourth-order valence-corrected chi connectivity index (χ4v) is 2.58. The number of nitrogens with one attached hydrogen (secondary N) is 1. The number of aromatic nitrogens is 2. The van der Waals surface area contributed by atoms with E-state index in [9.17, 15) is 4.79 Å². The molecule has 0 aliphatic carbocycles. The van der Waals surface area contributed by atoms with E-state index in [0.29, 0.717) is 11.5 Å². The van der Waals surface area contributed by atoms with Crippen molar-refractivity contribution in [3.63, 3.8) is 0 Å². The van der Waals surface area contributed by atoms with Gasteiger partial charge in [0.2, 0.25) is 0 Å². The lowest BCUT2D eigenvalue weighted by molar-refractivity contribution is 0.102. The van der Waals surface area contributed by atoms with Gasteiger partial charge >= 0.3 is 0 Å². The van der Waals surface area contributed by atoms with E-state index in [1.54, 1.807) is 0 Å². The molecule has 0 saturated heterocycles. The highest BCUT2D eigenvalue weighted by Crippen LogP contribution is 2.18. The number of hydrogen-bond donors (Lipinski definition) is 1. The molecule has 3 aromatic rings. The van der Waals surface area contributed by atoms with E-state index in [-0.39, 0.29) is 5.91 Å². The summed E-state index contributed by atoms with van der Waals surface area (Å²) in [4.78, 5) is 16.9. The van der Waals surface area contributed by atoms with Crippen molar-refractivity contribution in [1.29, 1.82) is 0 Å². The van der Waals surface area contributed by atoms with Crippen molar-refractivity contribution in [3.8, 4) is 0 Å². The van der Waals surface area contributed by atoms with Crippen LogP contribution in [0.25, 0.3) is 5.65 Å². The fraction of sp³-hybridized carbons (Fsp3) is 0.263. The normalized spacial score (nSPS) is 11.2. The molecule has 0 spiro atoms. The van der Waals surface area contributed by atoms with E-state index in [1.807, 2.05) is 60.8 Å². The minimum Gasteiger partial charge on any atom is -0.321 e. The molecular formula is C19H21N3O. The number of carbonyl (C=O) groups is 1. The molecule has 1 aromatic carbocycles. The summed E-state index contributed by atoms with van der Waals surface area (Å²) in [6.45, 7) is 8.28. The lowest BCUT2D eigenvalue weighted by Gasteiger charge is -2.08. The van der Waals surface area contributed by atoms with Crippen LogP contribution in [-0.4, -0.2) is 15.3 Å². The van der Waals surface area contributed by atoms with Gasteiger partial charge in [0.05, 0.1) is 11.4 Å². The molecule has 0 aliphatic rings. The van der Waals surface area contributed by atoms with E-state index < -0.39 is 0 Å². The van der Waals surface area contributed by atoms with Crippen LogP contribution in [0, 0.1) is 13.8 Å². The summed E-state index contributed by atoms with van der Waals surface area (Å²) in [5.41, 5.74) is 5.62. The first-order valence-electron chi connectivity index (χ1n) is 7.82. The summed E-state index contributed by atoms with van der Waals surface area (Å²) >= 11 is 0. The van der Waals surface area contributed by atoms with Crippen molar-refractivity contribution in [2.45, 2.75) is 33.6 Å². The number of amides is 1. The van der Waals surface area contributed by atoms with Crippen LogP contribution in [-0.2, 0) is 0 Å². The topological polar surface area (TPSA) is 46.4 Å². The zero-order valence-corrected chi connectivity index (χ0v) is 13.9. The Bertz CT molecular complexity index is 860. The minimum absolute atomic E-state index is 0.103. The van der Waals surface area contributed by atoms with E-state index in [1.165, 1.54) is 5.56 Å². The van der Waals surface area contributed by atoms with E-state index in [2.05, 4.69) is 24.1 Å². The second kappa shape index (κ2) is 5.88. The van der Waals surface area contributed by atoms with Crippen molar-refractivity contribution in [1.82, 2.24) is 9.38 Å². The van der Waals surface area contributed by atoms with Crippen LogP contribution in [0.1, 0.15) is 47.1 Å². The quantitative estimate of drug-likeness (QED) is 0.783. The number of imidazole rings is 1. The smallest absolute Gasteiger partial charge is 0.255 e. The van der Waals surface area contributed by atoms with Gasteiger partial charge in [0.25, 0.3) is 5.91 Å². The molecule has 0 unspecified atom stereocenters. The van der Waals surface area contributed by atoms with Crippen LogP contribution in [0.4, 0.5) is 5.69 Å². The summed E-state index contributed by atoms with van der Waals surface area (Å²) in [7, 11) is 0. The Morgan fingerprint density at radius 2 is 1.78 bits per heavy atom. The van der Waals surface area contributed by atoms with Crippen LogP contribution in [0.5, 0.6) is 0 Å². The third-order valence-electron chi connectivity index (χ3n) is 4.19. The van der Waals surface area contributed by atoms with Gasteiger partial charge in [0.1, 0.15) is 5.65 Å². The molecule has 118 valence electrons. The largest absolute Gasteiger partial charge is 0.321 e. The Hall–Kier alpha value is -2.62. The van der Waals surface area contributed by atoms with Gasteiger partial charge in [-0.25, -0.2) is 4.98 Å². The second-order valence-corrected chi connectivity index (χ2v) is 6.16. The zero-order chi connectivity index (χ0) is 16.6. The molecule has 1 amide bonds. The number of aryl methyl sites for hydroxylation is 2. The number of anilines is 1. The molecular weight excluding hydrogens is 286 g/mol. The first-order chi connectivity index (χ1) is 11.0. The average molecular weight is 307 g/mol. The zero-order valence-electron chi connectivity index (χ0n) is 13.9. The summed E-state index contributed by atoms with van der Waals surface area (Å²) in [6.07, 6.45) is 1.91. The maximum Gasteiger partial charge on any atom is 0.255 e. The highest BCUT2D eigenvalue weighted by molar-refractivity contribution is 6.04. The van der Waals surface area contributed by atoms with Crippen molar-refractivity contribution in [3.05, 3.63) is 65.1 Å². The van der Waals surface area contributed by atoms with Gasteiger partial charge in [-0.05, 0) is 49.6 Å². The molecule has 1 N–H and O–H groups in total. The number of benzene rings is 1. The summed E-state index contributed by atoms with van der Waals surface area (Å²) in [5, 5.41) is 2.95. The third kappa shape index (κ3) is 2.97. The summed E-state index contributed by atoms with van der Waals surface area (Å²) in [5.74, 6) is 0.358. The monoisotopic (exact) mass is 307 g/mol. The molecule has 4 heteroatoms. The summed E-state index contributed by atoms with van der Waals surface area (Å²) in [6, 6.07) is 11.5. The van der Waals surface area contributed by atoms with Crippen LogP contribution < -0.4 is 5.32 Å². The first kappa shape index (κ1) is 15.3. The summed E-state index contributed by atoms with van der Waals surface area (Å²) < 4.78 is 1.99. The Labute approximate surface area is 136 Å². The molecule has 0 atom stereocenters. The maximum absolute atomic E-state index is 12.4. The highest BCUT2D eigenvalue weighted by Gasteiger charge is 2.09. The molecule has 2 aromatic heterocycles. The van der Waals surface area contributed by atoms with E-state index in [0.717, 1.165) is 22.7 Å². The number of nitrogens with zero attached hydrogens (tertiary/aromatic N) is 2. The van der Waals surface area contributed by atoms with Crippen LogP contribution in [0.3, 0.4) is 0 Å². The third-order valence-corrected chi connectivity index (χ3v) is 4.19. The second-order valence-electron chi connectivity index (χ2n) is 6.16. The Morgan fingerprint density at radius 1 is 1.09 bits per heavy atom. The predicted octanol–water partition coefficient (Wildman–Crippen LogP) is 4.33. The van der Waals surface area contributed by atoms with Crippen LogP contribution >= 0.6 is 0 Å². The molecule has 0 radical (unpaired) electrons. The molecule has 0 fully saturated rings. The van der Waals surface area contributed by atoms with Crippen molar-refractivity contribution in [2.75, 3.05) is 5.32 Å². The van der Waals surface area contributed by atoms with Crippen molar-refractivity contribution < 1.29 is 4.79 Å². The van der Waals surface area contributed by atoms with Crippen molar-refractivity contribution in [2.24, 2.45) is 0 Å². The maximum atomic E-state index is 12.4. The van der Waals surface area contributed by atoms with Crippen LogP contribution in [0.15, 0.2) is 42.6 Å².